The molecule has 0 aliphatic heterocycles. The number of hydrogen-bond acceptors (Lipinski definition) is 3. The number of hydrogen-bond donors (Lipinski definition) is 1. The van der Waals surface area contributed by atoms with Crippen molar-refractivity contribution >= 4 is 9.84 Å². The summed E-state index contributed by atoms with van der Waals surface area (Å²) in [6, 6.07) is 10.3. The number of benzene rings is 2. The first-order valence-electron chi connectivity index (χ1n) is 6.92. The molecule has 1 aliphatic rings. The maximum absolute atomic E-state index is 12.7. The maximum Gasteiger partial charge on any atom is 0.501 e. The van der Waals surface area contributed by atoms with Crippen molar-refractivity contribution in [3.8, 4) is 0 Å². The average Bonchev–Trinajstić information content (AvgIpc) is 2.64. The van der Waals surface area contributed by atoms with Gasteiger partial charge in [-0.2, -0.15) is 13.2 Å². The summed E-state index contributed by atoms with van der Waals surface area (Å²) in [5.41, 5.74) is -3.02. The van der Waals surface area contributed by atoms with Gasteiger partial charge in [0, 0.05) is 0 Å². The lowest BCUT2D eigenvalue weighted by Crippen LogP contribution is -2.23. The van der Waals surface area contributed by atoms with Crippen molar-refractivity contribution < 1.29 is 26.7 Å². The van der Waals surface area contributed by atoms with Crippen LogP contribution in [0.15, 0.2) is 47.4 Å². The second-order valence-electron chi connectivity index (χ2n) is 5.41. The minimum Gasteiger partial charge on any atom is -0.384 e. The van der Waals surface area contributed by atoms with Crippen LogP contribution < -0.4 is 0 Å². The minimum atomic E-state index is -5.43. The maximum atomic E-state index is 12.7. The Kier molecular flexibility index (Phi) is 3.72. The van der Waals surface area contributed by atoms with Gasteiger partial charge in [-0.25, -0.2) is 8.42 Å². The van der Waals surface area contributed by atoms with Crippen LogP contribution in [-0.2, 0) is 22.7 Å². The van der Waals surface area contributed by atoms with Gasteiger partial charge in [0.2, 0.25) is 0 Å². The quantitative estimate of drug-likeness (QED) is 0.866. The molecular weight excluding hydrogens is 329 g/mol. The van der Waals surface area contributed by atoms with E-state index in [1.165, 1.54) is 6.07 Å². The molecule has 0 fully saturated rings. The van der Waals surface area contributed by atoms with Crippen molar-refractivity contribution in [3.05, 3.63) is 64.7 Å². The molecule has 1 atom stereocenters. The largest absolute Gasteiger partial charge is 0.501 e. The zero-order chi connectivity index (χ0) is 16.8. The zero-order valence-electron chi connectivity index (χ0n) is 11.8. The topological polar surface area (TPSA) is 54.4 Å². The highest BCUT2D eigenvalue weighted by molar-refractivity contribution is 7.92. The molecular formula is C16H13F3O3S. The third-order valence-electron chi connectivity index (χ3n) is 4.04. The van der Waals surface area contributed by atoms with Crippen LogP contribution in [0.25, 0.3) is 0 Å². The summed E-state index contributed by atoms with van der Waals surface area (Å²) >= 11 is 0. The molecule has 1 aliphatic carbocycles. The van der Waals surface area contributed by atoms with Crippen molar-refractivity contribution in [2.75, 3.05) is 0 Å². The van der Waals surface area contributed by atoms with Gasteiger partial charge in [0.25, 0.3) is 9.84 Å². The average molecular weight is 342 g/mol. The molecule has 0 saturated heterocycles. The van der Waals surface area contributed by atoms with Crippen LogP contribution >= 0.6 is 0 Å². The van der Waals surface area contributed by atoms with Crippen molar-refractivity contribution in [1.29, 1.82) is 0 Å². The van der Waals surface area contributed by atoms with Crippen LogP contribution in [0.4, 0.5) is 13.2 Å². The van der Waals surface area contributed by atoms with Crippen LogP contribution in [0.3, 0.4) is 0 Å². The van der Waals surface area contributed by atoms with E-state index in [1.807, 2.05) is 12.1 Å². The predicted molar refractivity (Wildman–Crippen MR) is 77.6 cm³/mol. The Morgan fingerprint density at radius 2 is 1.57 bits per heavy atom. The van der Waals surface area contributed by atoms with Gasteiger partial charge in [-0.15, -0.1) is 0 Å². The van der Waals surface area contributed by atoms with Crippen LogP contribution in [0, 0.1) is 0 Å². The van der Waals surface area contributed by atoms with Crippen LogP contribution in [0.5, 0.6) is 0 Å². The summed E-state index contributed by atoms with van der Waals surface area (Å²) in [7, 11) is -5.43. The fourth-order valence-corrected chi connectivity index (χ4v) is 3.62. The standard InChI is InChI=1S/C16H13F3O3S/c17-16(18,19)23(21,22)12-8-7-11-6-5-10-3-1-2-4-13(10)15(20)14(11)9-12/h1-4,7-9,15,20H,5-6H2. The monoisotopic (exact) mass is 342 g/mol. The molecule has 0 spiro atoms. The van der Waals surface area contributed by atoms with E-state index in [9.17, 15) is 26.7 Å². The number of sulfone groups is 1. The van der Waals surface area contributed by atoms with E-state index in [1.54, 1.807) is 12.1 Å². The molecule has 2 aromatic rings. The number of rotatable bonds is 1. The Balaban J connectivity index is 2.15. The van der Waals surface area contributed by atoms with Gasteiger partial charge in [-0.05, 0) is 47.2 Å². The summed E-state index contributed by atoms with van der Waals surface area (Å²) in [6.45, 7) is 0. The first kappa shape index (κ1) is 16.0. The van der Waals surface area contributed by atoms with Crippen LogP contribution in [0.1, 0.15) is 28.4 Å². The lowest BCUT2D eigenvalue weighted by atomic mass is 9.97. The van der Waals surface area contributed by atoms with Gasteiger partial charge in [-0.1, -0.05) is 30.3 Å². The highest BCUT2D eigenvalue weighted by Gasteiger charge is 2.47. The number of aliphatic hydroxyl groups excluding tert-OH is 1. The molecule has 0 bridgehead atoms. The van der Waals surface area contributed by atoms with E-state index >= 15 is 0 Å². The van der Waals surface area contributed by atoms with E-state index in [4.69, 9.17) is 0 Å². The Hall–Kier alpha value is -1.86. The molecule has 2 aromatic carbocycles. The first-order chi connectivity index (χ1) is 10.7. The number of aryl methyl sites for hydroxylation is 2. The number of aliphatic hydroxyl groups is 1. The molecule has 0 aromatic heterocycles. The van der Waals surface area contributed by atoms with E-state index in [0.717, 1.165) is 17.7 Å². The summed E-state index contributed by atoms with van der Waals surface area (Å²) in [5.74, 6) is 0. The molecule has 0 heterocycles. The molecule has 7 heteroatoms. The molecule has 23 heavy (non-hydrogen) atoms. The lowest BCUT2D eigenvalue weighted by molar-refractivity contribution is -0.0436. The number of alkyl halides is 3. The van der Waals surface area contributed by atoms with Crippen LogP contribution in [-0.4, -0.2) is 19.0 Å². The van der Waals surface area contributed by atoms with E-state index in [-0.39, 0.29) is 5.56 Å². The minimum absolute atomic E-state index is 0.209. The van der Waals surface area contributed by atoms with Gasteiger partial charge >= 0.3 is 5.51 Å². The van der Waals surface area contributed by atoms with Gasteiger partial charge in [0.1, 0.15) is 6.10 Å². The molecule has 3 rings (SSSR count). The normalized spacial score (nSPS) is 18.0. The van der Waals surface area contributed by atoms with Gasteiger partial charge in [0.05, 0.1) is 4.90 Å². The predicted octanol–water partition coefficient (Wildman–Crippen LogP) is 3.16. The summed E-state index contributed by atoms with van der Waals surface area (Å²) in [5, 5.41) is 10.5. The van der Waals surface area contributed by atoms with Gasteiger partial charge in [-0.3, -0.25) is 0 Å². The molecule has 0 amide bonds. The summed E-state index contributed by atoms with van der Waals surface area (Å²) in [6.07, 6.45) is 0.00790. The fourth-order valence-electron chi connectivity index (χ4n) is 2.82. The van der Waals surface area contributed by atoms with E-state index in [0.29, 0.717) is 24.0 Å². The fraction of sp³-hybridized carbons (Fsp3) is 0.250. The highest BCUT2D eigenvalue weighted by Crippen LogP contribution is 2.36. The zero-order valence-corrected chi connectivity index (χ0v) is 12.7. The Labute approximate surface area is 131 Å². The first-order valence-corrected chi connectivity index (χ1v) is 8.40. The molecule has 1 N–H and O–H groups in total. The molecule has 3 nitrogen and oxygen atoms in total. The lowest BCUT2D eigenvalue weighted by Gasteiger charge is -2.16. The Morgan fingerprint density at radius 3 is 2.22 bits per heavy atom. The Bertz CT molecular complexity index is 857. The van der Waals surface area contributed by atoms with Crippen molar-refractivity contribution in [3.63, 3.8) is 0 Å². The second-order valence-corrected chi connectivity index (χ2v) is 7.35. The Morgan fingerprint density at radius 1 is 0.957 bits per heavy atom. The van der Waals surface area contributed by atoms with E-state index < -0.39 is 26.3 Å². The SMILES string of the molecule is O=S(=O)(c1ccc2c(c1)C(O)c1ccccc1CC2)C(F)(F)F. The summed E-state index contributed by atoms with van der Waals surface area (Å²) < 4.78 is 61.3. The molecule has 0 saturated carbocycles. The van der Waals surface area contributed by atoms with Crippen molar-refractivity contribution in [1.82, 2.24) is 0 Å². The molecule has 1 unspecified atom stereocenters. The number of halogens is 3. The highest BCUT2D eigenvalue weighted by atomic mass is 32.2. The van der Waals surface area contributed by atoms with E-state index in [2.05, 4.69) is 0 Å². The summed E-state index contributed by atoms with van der Waals surface area (Å²) in [4.78, 5) is -0.845. The molecule has 0 radical (unpaired) electrons. The van der Waals surface area contributed by atoms with Gasteiger partial charge in [0.15, 0.2) is 0 Å². The smallest absolute Gasteiger partial charge is 0.384 e. The van der Waals surface area contributed by atoms with Crippen LogP contribution in [0.2, 0.25) is 0 Å². The third kappa shape index (κ3) is 2.64. The van der Waals surface area contributed by atoms with Gasteiger partial charge < -0.3 is 5.11 Å². The van der Waals surface area contributed by atoms with Crippen molar-refractivity contribution in [2.45, 2.75) is 29.3 Å². The number of fused-ring (bicyclic) bond motifs is 2. The second kappa shape index (κ2) is 5.35. The van der Waals surface area contributed by atoms with Crippen molar-refractivity contribution in [2.24, 2.45) is 0 Å². The third-order valence-corrected chi connectivity index (χ3v) is 5.52. The molecule has 122 valence electrons.